The van der Waals surface area contributed by atoms with Gasteiger partial charge in [0.15, 0.2) is 0 Å². The Kier molecular flexibility index (Phi) is 8.90. The topological polar surface area (TPSA) is 130 Å². The molecule has 5 rings (SSSR count). The van der Waals surface area contributed by atoms with Crippen molar-refractivity contribution in [3.8, 4) is 17.3 Å². The van der Waals surface area contributed by atoms with Crippen LogP contribution in [0.2, 0.25) is 5.02 Å². The Morgan fingerprint density at radius 3 is 2.47 bits per heavy atom. The fourth-order valence-corrected chi connectivity index (χ4v) is 6.94. The van der Waals surface area contributed by atoms with E-state index in [1.807, 2.05) is 43.3 Å². The van der Waals surface area contributed by atoms with Gasteiger partial charge in [-0.25, -0.2) is 4.98 Å². The summed E-state index contributed by atoms with van der Waals surface area (Å²) in [4.78, 5) is 42.4. The number of nitrogens with zero attached hydrogens (tertiary/aromatic N) is 3. The molecule has 0 fully saturated rings. The normalized spacial score (nSPS) is 12.1. The Morgan fingerprint density at radius 1 is 1.07 bits per heavy atom. The number of aromatic nitrogens is 3. The summed E-state index contributed by atoms with van der Waals surface area (Å²) in [7, 11) is -4.40. The third-order valence-corrected chi connectivity index (χ3v) is 10.3. The molecule has 1 amide bonds. The van der Waals surface area contributed by atoms with E-state index in [0.717, 1.165) is 22.2 Å². The number of anilines is 1. The molecule has 0 aliphatic carbocycles. The van der Waals surface area contributed by atoms with E-state index in [-0.39, 0.29) is 12.3 Å². The van der Waals surface area contributed by atoms with Crippen LogP contribution in [0.4, 0.5) is 5.69 Å². The van der Waals surface area contributed by atoms with Crippen molar-refractivity contribution in [1.29, 1.82) is 0 Å². The Hall–Kier alpha value is -3.75. The lowest BCUT2D eigenvalue weighted by Crippen LogP contribution is -2.25. The summed E-state index contributed by atoms with van der Waals surface area (Å²) in [6.45, 7) is 5.38. The molecule has 224 valence electrons. The van der Waals surface area contributed by atoms with Crippen molar-refractivity contribution in [3.63, 3.8) is 0 Å². The highest BCUT2D eigenvalue weighted by molar-refractivity contribution is 7.53. The van der Waals surface area contributed by atoms with Gasteiger partial charge >= 0.3 is 13.6 Å². The summed E-state index contributed by atoms with van der Waals surface area (Å²) in [6, 6.07) is 20.7. The van der Waals surface area contributed by atoms with Gasteiger partial charge in [0.2, 0.25) is 5.91 Å². The van der Waals surface area contributed by atoms with Crippen LogP contribution in [0.3, 0.4) is 0 Å². The van der Waals surface area contributed by atoms with Crippen molar-refractivity contribution < 1.29 is 23.6 Å². The molecule has 0 bridgehead atoms. The predicted octanol–water partition coefficient (Wildman–Crippen LogP) is 7.80. The average molecular weight is 621 g/mol. The van der Waals surface area contributed by atoms with Gasteiger partial charge < -0.3 is 19.5 Å². The number of imidazole rings is 1. The molecule has 43 heavy (non-hydrogen) atoms. The number of hydrogen-bond donors (Lipinski definition) is 3. The highest BCUT2D eigenvalue weighted by Crippen LogP contribution is 2.61. The number of benzene rings is 3. The van der Waals surface area contributed by atoms with Crippen molar-refractivity contribution in [2.45, 2.75) is 58.0 Å². The van der Waals surface area contributed by atoms with Gasteiger partial charge in [-0.05, 0) is 67.6 Å². The molecule has 0 saturated heterocycles. The van der Waals surface area contributed by atoms with Crippen LogP contribution in [0.1, 0.15) is 56.4 Å². The number of nitrogens with one attached hydrogen (secondary N) is 1. The van der Waals surface area contributed by atoms with Gasteiger partial charge in [-0.15, -0.1) is 0 Å². The number of carbonyl (C=O) groups excluding carboxylic acids is 1. The Labute approximate surface area is 255 Å². The minimum Gasteiger partial charge on any atom is -0.427 e. The predicted molar refractivity (Wildman–Crippen MR) is 169 cm³/mol. The molecule has 2 aromatic heterocycles. The summed E-state index contributed by atoms with van der Waals surface area (Å²) in [6.07, 6.45) is 3.50. The standard InChI is InChI=1S/C32H34ClN4O5P/c1-4-32(5-2,43(39,40)41)23-15-18-25(21(3)19-23)35-29(38)12-8-11-28-30(22-13-16-24(33)17-14-22)36-31(42-28)37-20-34-26-9-6-7-10-27(26)37/h6-7,9-10,13-20H,4-5,8,11-12H2,1-3H3,(H,35,38)(H2,39,40,41). The Balaban J connectivity index is 1.32. The summed E-state index contributed by atoms with van der Waals surface area (Å²) in [5.74, 6) is 0.479. The van der Waals surface area contributed by atoms with Crippen LogP contribution in [0.25, 0.3) is 28.3 Å². The van der Waals surface area contributed by atoms with E-state index in [9.17, 15) is 19.1 Å². The summed E-state index contributed by atoms with van der Waals surface area (Å²) < 4.78 is 20.4. The lowest BCUT2D eigenvalue weighted by molar-refractivity contribution is -0.116. The van der Waals surface area contributed by atoms with Crippen LogP contribution >= 0.6 is 19.2 Å². The molecule has 0 radical (unpaired) electrons. The second-order valence-electron chi connectivity index (χ2n) is 10.6. The van der Waals surface area contributed by atoms with Crippen LogP contribution in [0.15, 0.2) is 77.5 Å². The van der Waals surface area contributed by atoms with E-state index in [1.54, 1.807) is 55.1 Å². The third-order valence-electron chi connectivity index (χ3n) is 8.04. The maximum Gasteiger partial charge on any atom is 0.335 e. The quantitative estimate of drug-likeness (QED) is 0.128. The second-order valence-corrected chi connectivity index (χ2v) is 13.0. The summed E-state index contributed by atoms with van der Waals surface area (Å²) in [5.41, 5.74) is 5.14. The minimum atomic E-state index is -4.40. The molecule has 3 N–H and O–H groups in total. The molecule has 0 atom stereocenters. The highest BCUT2D eigenvalue weighted by atomic mass is 35.5. The lowest BCUT2D eigenvalue weighted by atomic mass is 9.91. The van der Waals surface area contributed by atoms with E-state index < -0.39 is 12.8 Å². The fourth-order valence-electron chi connectivity index (χ4n) is 5.51. The van der Waals surface area contributed by atoms with Crippen LogP contribution in [0.5, 0.6) is 0 Å². The zero-order valence-electron chi connectivity index (χ0n) is 24.2. The fraction of sp³-hybridized carbons (Fsp3) is 0.281. The zero-order chi connectivity index (χ0) is 30.8. The Morgan fingerprint density at radius 2 is 1.79 bits per heavy atom. The first-order valence-electron chi connectivity index (χ1n) is 14.2. The molecule has 0 unspecified atom stereocenters. The molecule has 11 heteroatoms. The van der Waals surface area contributed by atoms with Crippen molar-refractivity contribution in [3.05, 3.63) is 95.0 Å². The van der Waals surface area contributed by atoms with Crippen LogP contribution in [-0.2, 0) is 20.9 Å². The second kappa shape index (κ2) is 12.5. The molecule has 9 nitrogen and oxygen atoms in total. The van der Waals surface area contributed by atoms with E-state index >= 15 is 0 Å². The number of halogens is 1. The average Bonchev–Trinajstić information content (AvgIpc) is 3.59. The van der Waals surface area contributed by atoms with Gasteiger partial charge in [-0.2, -0.15) is 4.98 Å². The molecule has 0 aliphatic rings. The first-order chi connectivity index (χ1) is 20.6. The number of carbonyl (C=O) groups is 1. The minimum absolute atomic E-state index is 0.170. The number of oxazole rings is 1. The Bertz CT molecular complexity index is 1800. The van der Waals surface area contributed by atoms with Gasteiger partial charge in [0.05, 0.1) is 16.2 Å². The van der Waals surface area contributed by atoms with E-state index in [2.05, 4.69) is 10.3 Å². The maximum absolute atomic E-state index is 12.9. The summed E-state index contributed by atoms with van der Waals surface area (Å²) >= 11 is 6.12. The summed E-state index contributed by atoms with van der Waals surface area (Å²) in [5, 5.41) is 2.31. The van der Waals surface area contributed by atoms with Gasteiger partial charge in [0, 0.05) is 29.1 Å². The third kappa shape index (κ3) is 6.17. The zero-order valence-corrected chi connectivity index (χ0v) is 25.9. The van der Waals surface area contributed by atoms with Crippen molar-refractivity contribution >= 4 is 41.8 Å². The van der Waals surface area contributed by atoms with Gasteiger partial charge in [-0.3, -0.25) is 13.9 Å². The van der Waals surface area contributed by atoms with Crippen LogP contribution in [0, 0.1) is 6.92 Å². The monoisotopic (exact) mass is 620 g/mol. The molecule has 3 aromatic carbocycles. The highest BCUT2D eigenvalue weighted by Gasteiger charge is 2.45. The molecule has 0 aliphatic heterocycles. The molecule has 5 aromatic rings. The van der Waals surface area contributed by atoms with E-state index in [1.165, 1.54) is 0 Å². The van der Waals surface area contributed by atoms with Crippen molar-refractivity contribution in [2.75, 3.05) is 5.32 Å². The first-order valence-corrected chi connectivity index (χ1v) is 16.2. The molecule has 2 heterocycles. The molecule has 0 saturated carbocycles. The van der Waals surface area contributed by atoms with Crippen LogP contribution in [-0.4, -0.2) is 30.2 Å². The smallest absolute Gasteiger partial charge is 0.335 e. The maximum atomic E-state index is 12.9. The molecular formula is C32H34ClN4O5P. The van der Waals surface area contributed by atoms with Crippen molar-refractivity contribution in [2.24, 2.45) is 0 Å². The number of amides is 1. The SMILES string of the molecule is CCC(CC)(c1ccc(NC(=O)CCCc2oc(-n3cnc4ccccc43)nc2-c2ccc(Cl)cc2)c(C)c1)P(=O)(O)O. The first kappa shape index (κ1) is 30.7. The van der Waals surface area contributed by atoms with Crippen LogP contribution < -0.4 is 5.32 Å². The number of rotatable bonds is 11. The van der Waals surface area contributed by atoms with Crippen molar-refractivity contribution in [1.82, 2.24) is 14.5 Å². The van der Waals surface area contributed by atoms with Gasteiger partial charge in [0.1, 0.15) is 17.8 Å². The van der Waals surface area contributed by atoms with E-state index in [0.29, 0.717) is 59.4 Å². The lowest BCUT2D eigenvalue weighted by Gasteiger charge is -2.33. The van der Waals surface area contributed by atoms with Gasteiger partial charge in [0.25, 0.3) is 0 Å². The number of para-hydroxylation sites is 2. The van der Waals surface area contributed by atoms with E-state index in [4.69, 9.17) is 21.0 Å². The number of aryl methyl sites for hydroxylation is 2. The molecule has 0 spiro atoms. The van der Waals surface area contributed by atoms with Gasteiger partial charge in [-0.1, -0.05) is 61.8 Å². The number of fused-ring (bicyclic) bond motifs is 1. The number of hydrogen-bond acceptors (Lipinski definition) is 5. The largest absolute Gasteiger partial charge is 0.427 e. The molecular weight excluding hydrogens is 587 g/mol.